The van der Waals surface area contributed by atoms with E-state index < -0.39 is 17.9 Å². The zero-order valence-electron chi connectivity index (χ0n) is 22.2. The molecule has 1 heterocycles. The van der Waals surface area contributed by atoms with Gasteiger partial charge in [0.05, 0.1) is 30.3 Å². The predicted octanol–water partition coefficient (Wildman–Crippen LogP) is 5.68. The van der Waals surface area contributed by atoms with Crippen LogP contribution in [0.5, 0.6) is 11.5 Å². The minimum Gasteiger partial charge on any atom is -0.494 e. The molecule has 1 amide bonds. The topological polar surface area (TPSA) is 113 Å². The van der Waals surface area contributed by atoms with Crippen LogP contribution in [0.1, 0.15) is 84.6 Å². The third-order valence-electron chi connectivity index (χ3n) is 6.90. The number of aryl methyl sites for hydroxylation is 1. The number of hydrogen-bond acceptors (Lipinski definition) is 5. The summed E-state index contributed by atoms with van der Waals surface area (Å²) in [4.78, 5) is 37.5. The lowest BCUT2D eigenvalue weighted by Crippen LogP contribution is -2.40. The van der Waals surface area contributed by atoms with Gasteiger partial charge in [-0.25, -0.2) is 4.79 Å². The molecule has 1 aliphatic rings. The molecule has 0 aliphatic carbocycles. The average Bonchev–Trinajstić information content (AvgIpc) is 2.93. The van der Waals surface area contributed by atoms with E-state index in [0.717, 1.165) is 37.2 Å². The van der Waals surface area contributed by atoms with E-state index in [1.807, 2.05) is 24.3 Å². The Labute approximate surface area is 224 Å². The van der Waals surface area contributed by atoms with E-state index >= 15 is 0 Å². The number of amides is 1. The molecule has 206 valence electrons. The second-order valence-electron chi connectivity index (χ2n) is 9.78. The highest BCUT2D eigenvalue weighted by Crippen LogP contribution is 2.26. The lowest BCUT2D eigenvalue weighted by atomic mass is 9.96. The highest BCUT2D eigenvalue weighted by atomic mass is 16.5. The van der Waals surface area contributed by atoms with Crippen LogP contribution >= 0.6 is 0 Å². The van der Waals surface area contributed by atoms with Crippen molar-refractivity contribution >= 4 is 17.8 Å². The quantitative estimate of drug-likeness (QED) is 0.288. The van der Waals surface area contributed by atoms with Gasteiger partial charge in [-0.15, -0.1) is 0 Å². The van der Waals surface area contributed by atoms with Crippen LogP contribution in [-0.2, 0) is 11.2 Å². The van der Waals surface area contributed by atoms with Crippen molar-refractivity contribution in [2.24, 2.45) is 5.92 Å². The van der Waals surface area contributed by atoms with E-state index in [1.54, 1.807) is 4.90 Å². The number of carboxylic acid groups (broad SMARTS) is 2. The molecule has 0 atom stereocenters. The molecule has 0 aromatic heterocycles. The Morgan fingerprint density at radius 3 is 2.21 bits per heavy atom. The Bertz CT molecular complexity index is 1060. The van der Waals surface area contributed by atoms with Gasteiger partial charge >= 0.3 is 11.9 Å². The molecule has 1 fully saturated rings. The number of aromatic carboxylic acids is 1. The third kappa shape index (κ3) is 8.78. The van der Waals surface area contributed by atoms with Crippen LogP contribution in [0.2, 0.25) is 0 Å². The molecule has 8 nitrogen and oxygen atoms in total. The highest BCUT2D eigenvalue weighted by Gasteiger charge is 2.29. The zero-order chi connectivity index (χ0) is 27.3. The van der Waals surface area contributed by atoms with Crippen LogP contribution < -0.4 is 9.47 Å². The van der Waals surface area contributed by atoms with Crippen molar-refractivity contribution in [2.45, 2.75) is 64.7 Å². The van der Waals surface area contributed by atoms with E-state index in [9.17, 15) is 24.6 Å². The second kappa shape index (κ2) is 15.0. The minimum absolute atomic E-state index is 0.00406. The number of benzene rings is 2. The maximum Gasteiger partial charge on any atom is 0.335 e. The summed E-state index contributed by atoms with van der Waals surface area (Å²) in [7, 11) is 0. The molecule has 0 spiro atoms. The van der Waals surface area contributed by atoms with Crippen LogP contribution in [0.3, 0.4) is 0 Å². The molecule has 2 aromatic carbocycles. The molecule has 2 aromatic rings. The van der Waals surface area contributed by atoms with Crippen molar-refractivity contribution in [3.8, 4) is 11.5 Å². The Morgan fingerprint density at radius 2 is 1.55 bits per heavy atom. The van der Waals surface area contributed by atoms with Gasteiger partial charge in [0.15, 0.2) is 0 Å². The van der Waals surface area contributed by atoms with E-state index in [2.05, 4.69) is 6.92 Å². The van der Waals surface area contributed by atoms with Gasteiger partial charge in [0.25, 0.3) is 5.91 Å². The van der Waals surface area contributed by atoms with Gasteiger partial charge in [-0.3, -0.25) is 9.59 Å². The first-order chi connectivity index (χ1) is 18.4. The minimum atomic E-state index is -1.13. The predicted molar refractivity (Wildman–Crippen MR) is 144 cm³/mol. The van der Waals surface area contributed by atoms with Crippen LogP contribution in [0.15, 0.2) is 42.5 Å². The van der Waals surface area contributed by atoms with Gasteiger partial charge in [-0.1, -0.05) is 44.7 Å². The van der Waals surface area contributed by atoms with Crippen molar-refractivity contribution in [3.05, 3.63) is 59.2 Å². The van der Waals surface area contributed by atoms with E-state index in [0.29, 0.717) is 38.3 Å². The lowest BCUT2D eigenvalue weighted by Gasteiger charge is -2.30. The van der Waals surface area contributed by atoms with Crippen LogP contribution in [-0.4, -0.2) is 59.3 Å². The summed E-state index contributed by atoms with van der Waals surface area (Å²) in [6.07, 6.45) is 8.28. The maximum atomic E-state index is 13.2. The summed E-state index contributed by atoms with van der Waals surface area (Å²) in [5.41, 5.74) is 1.35. The fourth-order valence-corrected chi connectivity index (χ4v) is 4.56. The lowest BCUT2D eigenvalue weighted by molar-refractivity contribution is -0.143. The summed E-state index contributed by atoms with van der Waals surface area (Å²) < 4.78 is 11.7. The number of hydrogen-bond donors (Lipinski definition) is 2. The summed E-state index contributed by atoms with van der Waals surface area (Å²) in [5.74, 6) is -1.57. The summed E-state index contributed by atoms with van der Waals surface area (Å²) in [6.45, 7) is 3.92. The van der Waals surface area contributed by atoms with E-state index in [4.69, 9.17) is 9.47 Å². The van der Waals surface area contributed by atoms with Crippen molar-refractivity contribution in [2.75, 3.05) is 26.3 Å². The van der Waals surface area contributed by atoms with Crippen molar-refractivity contribution < 1.29 is 34.1 Å². The Balaban J connectivity index is 1.50. The highest BCUT2D eigenvalue weighted by molar-refractivity contribution is 6.00. The van der Waals surface area contributed by atoms with Gasteiger partial charge < -0.3 is 24.6 Å². The SMILES string of the molecule is CCCCCCCOc1ccc(CCCOc2ccc(C(=O)O)cc2C(=O)N2CCC(C(=O)O)CC2)cc1. The van der Waals surface area contributed by atoms with Crippen molar-refractivity contribution in [1.82, 2.24) is 4.90 Å². The molecule has 38 heavy (non-hydrogen) atoms. The summed E-state index contributed by atoms with van der Waals surface area (Å²) >= 11 is 0. The number of carboxylic acids is 2. The third-order valence-corrected chi connectivity index (χ3v) is 6.90. The molecular formula is C30H39NO7. The smallest absolute Gasteiger partial charge is 0.335 e. The molecule has 8 heteroatoms. The fraction of sp³-hybridized carbons (Fsp3) is 0.500. The summed E-state index contributed by atoms with van der Waals surface area (Å²) in [6, 6.07) is 12.3. The number of aliphatic carboxylic acids is 1. The zero-order valence-corrected chi connectivity index (χ0v) is 22.2. The summed E-state index contributed by atoms with van der Waals surface area (Å²) in [5, 5.41) is 18.6. The van der Waals surface area contributed by atoms with Crippen molar-refractivity contribution in [3.63, 3.8) is 0 Å². The van der Waals surface area contributed by atoms with Gasteiger partial charge in [0.1, 0.15) is 11.5 Å². The molecule has 1 aliphatic heterocycles. The largest absolute Gasteiger partial charge is 0.494 e. The number of ether oxygens (including phenoxy) is 2. The number of piperidine rings is 1. The number of carbonyl (C=O) groups is 3. The van der Waals surface area contributed by atoms with Crippen LogP contribution in [0.4, 0.5) is 0 Å². The first kappa shape index (κ1) is 29.0. The first-order valence-corrected chi connectivity index (χ1v) is 13.6. The Morgan fingerprint density at radius 1 is 0.868 bits per heavy atom. The van der Waals surface area contributed by atoms with Gasteiger partial charge in [-0.2, -0.15) is 0 Å². The molecule has 0 radical (unpaired) electrons. The number of likely N-dealkylation sites (tertiary alicyclic amines) is 1. The van der Waals surface area contributed by atoms with Gasteiger partial charge in [-0.05, 0) is 68.0 Å². The molecule has 3 rings (SSSR count). The molecule has 0 unspecified atom stereocenters. The Hall–Kier alpha value is -3.55. The first-order valence-electron chi connectivity index (χ1n) is 13.6. The second-order valence-corrected chi connectivity index (χ2v) is 9.78. The number of carbonyl (C=O) groups excluding carboxylic acids is 1. The molecular weight excluding hydrogens is 486 g/mol. The van der Waals surface area contributed by atoms with E-state index in [1.165, 1.54) is 43.9 Å². The molecule has 1 saturated heterocycles. The molecule has 2 N–H and O–H groups in total. The number of nitrogens with zero attached hydrogens (tertiary/aromatic N) is 1. The average molecular weight is 526 g/mol. The number of rotatable bonds is 15. The normalized spacial score (nSPS) is 13.8. The van der Waals surface area contributed by atoms with E-state index in [-0.39, 0.29) is 17.0 Å². The fourth-order valence-electron chi connectivity index (χ4n) is 4.56. The standard InChI is InChI=1S/C30H39NO7/c1-2-3-4-5-6-19-37-25-12-9-22(10-13-25)8-7-20-38-27-14-11-24(30(35)36)21-26(27)28(32)31-17-15-23(16-18-31)29(33)34/h9-14,21,23H,2-8,15-20H2,1H3,(H,33,34)(H,35,36). The number of unbranched alkanes of at least 4 members (excludes halogenated alkanes) is 4. The maximum absolute atomic E-state index is 13.2. The van der Waals surface area contributed by atoms with Crippen LogP contribution in [0.25, 0.3) is 0 Å². The van der Waals surface area contributed by atoms with Gasteiger partial charge in [0.2, 0.25) is 0 Å². The van der Waals surface area contributed by atoms with Crippen LogP contribution in [0, 0.1) is 5.92 Å². The Kier molecular flexibility index (Phi) is 11.5. The van der Waals surface area contributed by atoms with Gasteiger partial charge in [0, 0.05) is 13.1 Å². The van der Waals surface area contributed by atoms with Crippen molar-refractivity contribution in [1.29, 1.82) is 0 Å². The monoisotopic (exact) mass is 525 g/mol. The molecule has 0 bridgehead atoms. The molecule has 0 saturated carbocycles.